The zero-order valence-corrected chi connectivity index (χ0v) is 22.8. The Kier molecular flexibility index (Phi) is 7.73. The van der Waals surface area contributed by atoms with Crippen LogP contribution >= 0.6 is 11.8 Å². The Bertz CT molecular complexity index is 1680. The lowest BCUT2D eigenvalue weighted by Gasteiger charge is -2.16. The second-order valence-corrected chi connectivity index (χ2v) is 10.6. The van der Waals surface area contributed by atoms with Crippen LogP contribution < -0.4 is 4.74 Å². The maximum atomic E-state index is 13.9. The van der Waals surface area contributed by atoms with Gasteiger partial charge in [-0.05, 0) is 51.4 Å². The molecule has 0 N–H and O–H groups in total. The Hall–Kier alpha value is -4.61. The SMILES string of the molecule is O=C1/C(=C\c2c(OCc3ccccc3)ccc3ccccc23)SC(=NCc2ccccc2)N1Cc1ccccc1. The first-order valence-corrected chi connectivity index (χ1v) is 14.1. The lowest BCUT2D eigenvalue weighted by atomic mass is 10.0. The van der Waals surface area contributed by atoms with Crippen molar-refractivity contribution in [3.8, 4) is 5.75 Å². The normalized spacial score (nSPS) is 15.3. The van der Waals surface area contributed by atoms with Gasteiger partial charge < -0.3 is 4.74 Å². The van der Waals surface area contributed by atoms with Gasteiger partial charge in [-0.25, -0.2) is 0 Å². The Morgan fingerprint density at radius 2 is 1.32 bits per heavy atom. The fraction of sp³-hybridized carbons (Fsp3) is 0.0857. The molecule has 5 aromatic rings. The summed E-state index contributed by atoms with van der Waals surface area (Å²) in [7, 11) is 0. The highest BCUT2D eigenvalue weighted by Crippen LogP contribution is 2.38. The molecule has 0 unspecified atom stereocenters. The Morgan fingerprint density at radius 3 is 2.05 bits per heavy atom. The number of thioether (sulfide) groups is 1. The molecule has 0 bridgehead atoms. The second-order valence-electron chi connectivity index (χ2n) is 9.54. The summed E-state index contributed by atoms with van der Waals surface area (Å²) < 4.78 is 6.32. The minimum atomic E-state index is -0.0531. The van der Waals surface area contributed by atoms with E-state index in [9.17, 15) is 4.79 Å². The largest absolute Gasteiger partial charge is 0.488 e. The van der Waals surface area contributed by atoms with E-state index < -0.39 is 0 Å². The number of amidine groups is 1. The Morgan fingerprint density at radius 1 is 0.700 bits per heavy atom. The van der Waals surface area contributed by atoms with Gasteiger partial charge in [-0.15, -0.1) is 0 Å². The Labute approximate surface area is 238 Å². The van der Waals surface area contributed by atoms with E-state index in [1.54, 1.807) is 4.90 Å². The van der Waals surface area contributed by atoms with Crippen LogP contribution in [0.4, 0.5) is 0 Å². The van der Waals surface area contributed by atoms with Crippen LogP contribution in [0, 0.1) is 0 Å². The number of hydrogen-bond donors (Lipinski definition) is 0. The summed E-state index contributed by atoms with van der Waals surface area (Å²) in [6.07, 6.45) is 1.97. The van der Waals surface area contributed by atoms with Crippen LogP contribution in [0.5, 0.6) is 5.75 Å². The summed E-state index contributed by atoms with van der Waals surface area (Å²) in [5.41, 5.74) is 4.15. The third-order valence-electron chi connectivity index (χ3n) is 6.75. The molecule has 0 aromatic heterocycles. The van der Waals surface area contributed by atoms with Crippen LogP contribution in [0.25, 0.3) is 16.8 Å². The smallest absolute Gasteiger partial charge is 0.267 e. The lowest BCUT2D eigenvalue weighted by molar-refractivity contribution is -0.122. The third-order valence-corrected chi connectivity index (χ3v) is 7.80. The topological polar surface area (TPSA) is 41.9 Å². The van der Waals surface area contributed by atoms with Gasteiger partial charge >= 0.3 is 0 Å². The van der Waals surface area contributed by atoms with Crippen LogP contribution in [0.15, 0.2) is 137 Å². The number of ether oxygens (including phenoxy) is 1. The summed E-state index contributed by atoms with van der Waals surface area (Å²) in [5, 5.41) is 2.84. The fourth-order valence-electron chi connectivity index (χ4n) is 4.69. The summed E-state index contributed by atoms with van der Waals surface area (Å²) in [5.74, 6) is 0.690. The maximum Gasteiger partial charge on any atom is 0.267 e. The molecule has 1 saturated heterocycles. The fourth-order valence-corrected chi connectivity index (χ4v) is 5.65. The monoisotopic (exact) mass is 540 g/mol. The van der Waals surface area contributed by atoms with Crippen LogP contribution in [0.3, 0.4) is 0 Å². The predicted molar refractivity (Wildman–Crippen MR) is 165 cm³/mol. The van der Waals surface area contributed by atoms with E-state index in [1.807, 2.05) is 103 Å². The van der Waals surface area contributed by atoms with Crippen molar-refractivity contribution in [2.75, 3.05) is 0 Å². The standard InChI is InChI=1S/C35H28N2O2S/c38-34-33(40-35(36-23-26-12-4-1-5-13-26)37(34)24-27-14-6-2-7-15-27)22-31-30-19-11-10-18-29(30)20-21-32(31)39-25-28-16-8-3-9-17-28/h1-22H,23-25H2/b33-22+,36-35?. The van der Waals surface area contributed by atoms with Crippen molar-refractivity contribution in [3.05, 3.63) is 155 Å². The molecule has 1 fully saturated rings. The molecule has 1 heterocycles. The number of carbonyl (C=O) groups excluding carboxylic acids is 1. The van der Waals surface area contributed by atoms with Crippen LogP contribution in [0.1, 0.15) is 22.3 Å². The van der Waals surface area contributed by atoms with Crippen molar-refractivity contribution >= 4 is 39.7 Å². The molecule has 0 atom stereocenters. The number of aliphatic imine (C=N–C) groups is 1. The van der Waals surface area contributed by atoms with Crippen LogP contribution in [-0.2, 0) is 24.5 Å². The third kappa shape index (κ3) is 5.85. The molecule has 0 spiro atoms. The van der Waals surface area contributed by atoms with Gasteiger partial charge in [0.1, 0.15) is 12.4 Å². The van der Waals surface area contributed by atoms with Gasteiger partial charge in [0, 0.05) is 5.56 Å². The number of amides is 1. The summed E-state index contributed by atoms with van der Waals surface area (Å²) in [6, 6.07) is 42.5. The molecule has 0 aliphatic carbocycles. The molecule has 0 radical (unpaired) electrons. The molecule has 1 amide bonds. The molecule has 6 rings (SSSR count). The van der Waals surface area contributed by atoms with Gasteiger partial charge in [-0.2, -0.15) is 0 Å². The minimum Gasteiger partial charge on any atom is -0.488 e. The number of rotatable bonds is 8. The van der Waals surface area contributed by atoms with E-state index in [0.29, 0.717) is 29.8 Å². The average molecular weight is 541 g/mol. The molecule has 1 aliphatic rings. The van der Waals surface area contributed by atoms with E-state index in [2.05, 4.69) is 30.3 Å². The molecule has 1 aliphatic heterocycles. The van der Waals surface area contributed by atoms with Crippen molar-refractivity contribution < 1.29 is 9.53 Å². The first kappa shape index (κ1) is 25.7. The van der Waals surface area contributed by atoms with E-state index in [0.717, 1.165) is 38.8 Å². The molecule has 4 nitrogen and oxygen atoms in total. The number of hydrogen-bond acceptors (Lipinski definition) is 4. The molecule has 40 heavy (non-hydrogen) atoms. The lowest BCUT2D eigenvalue weighted by Crippen LogP contribution is -2.28. The first-order valence-electron chi connectivity index (χ1n) is 13.3. The van der Waals surface area contributed by atoms with E-state index in [-0.39, 0.29) is 5.91 Å². The highest BCUT2D eigenvalue weighted by Gasteiger charge is 2.33. The summed E-state index contributed by atoms with van der Waals surface area (Å²) in [4.78, 5) is 21.2. The molecule has 0 saturated carbocycles. The Balaban J connectivity index is 1.37. The maximum absolute atomic E-state index is 13.9. The quantitative estimate of drug-likeness (QED) is 0.187. The highest BCUT2D eigenvalue weighted by molar-refractivity contribution is 8.18. The zero-order chi connectivity index (χ0) is 27.1. The zero-order valence-electron chi connectivity index (χ0n) is 21.9. The molecular formula is C35H28N2O2S. The number of benzene rings is 5. The van der Waals surface area contributed by atoms with E-state index in [1.165, 1.54) is 11.8 Å². The average Bonchev–Trinajstić information content (AvgIpc) is 3.30. The molecular weight excluding hydrogens is 512 g/mol. The molecule has 196 valence electrons. The summed E-state index contributed by atoms with van der Waals surface area (Å²) in [6.45, 7) is 1.42. The predicted octanol–water partition coefficient (Wildman–Crippen LogP) is 8.09. The number of carbonyl (C=O) groups is 1. The highest BCUT2D eigenvalue weighted by atomic mass is 32.2. The molecule has 5 aromatic carbocycles. The number of fused-ring (bicyclic) bond motifs is 1. The van der Waals surface area contributed by atoms with Gasteiger partial charge in [0.05, 0.1) is 18.0 Å². The summed E-state index contributed by atoms with van der Waals surface area (Å²) >= 11 is 1.42. The van der Waals surface area contributed by atoms with E-state index >= 15 is 0 Å². The van der Waals surface area contributed by atoms with Crippen molar-refractivity contribution in [1.29, 1.82) is 0 Å². The van der Waals surface area contributed by atoms with Crippen molar-refractivity contribution in [3.63, 3.8) is 0 Å². The van der Waals surface area contributed by atoms with Crippen LogP contribution in [0.2, 0.25) is 0 Å². The van der Waals surface area contributed by atoms with Gasteiger partial charge in [0.2, 0.25) is 0 Å². The minimum absolute atomic E-state index is 0.0531. The molecule has 5 heteroatoms. The second kappa shape index (κ2) is 12.1. The van der Waals surface area contributed by atoms with Gasteiger partial charge in [-0.3, -0.25) is 14.7 Å². The van der Waals surface area contributed by atoms with Crippen molar-refractivity contribution in [1.82, 2.24) is 4.90 Å². The van der Waals surface area contributed by atoms with Gasteiger partial charge in [0.25, 0.3) is 5.91 Å². The van der Waals surface area contributed by atoms with Crippen molar-refractivity contribution in [2.24, 2.45) is 4.99 Å². The number of nitrogens with zero attached hydrogens (tertiary/aromatic N) is 2. The van der Waals surface area contributed by atoms with E-state index in [4.69, 9.17) is 9.73 Å². The van der Waals surface area contributed by atoms with Gasteiger partial charge in [-0.1, -0.05) is 121 Å². The van der Waals surface area contributed by atoms with Gasteiger partial charge in [0.15, 0.2) is 5.17 Å². The van der Waals surface area contributed by atoms with Crippen LogP contribution in [-0.4, -0.2) is 16.0 Å². The first-order chi connectivity index (χ1) is 19.7. The van der Waals surface area contributed by atoms with Crippen molar-refractivity contribution in [2.45, 2.75) is 19.7 Å².